The summed E-state index contributed by atoms with van der Waals surface area (Å²) in [5.74, 6) is -0.267. The molecule has 0 saturated carbocycles. The summed E-state index contributed by atoms with van der Waals surface area (Å²) in [6.07, 6.45) is 1.74. The number of hydrogen-bond acceptors (Lipinski definition) is 4. The minimum atomic E-state index is -0.267. The fourth-order valence-corrected chi connectivity index (χ4v) is 3.59. The number of rotatable bonds is 3. The largest absolute Gasteiger partial charge is 0.293 e. The van der Waals surface area contributed by atoms with E-state index in [0.717, 1.165) is 22.9 Å². The van der Waals surface area contributed by atoms with Crippen molar-refractivity contribution in [2.24, 2.45) is 0 Å². The fourth-order valence-electron chi connectivity index (χ4n) is 1.94. The second-order valence-electron chi connectivity index (χ2n) is 4.42. The number of thiophene rings is 1. The monoisotopic (exact) mass is 335 g/mol. The summed E-state index contributed by atoms with van der Waals surface area (Å²) in [5.41, 5.74) is 1.70. The average molecular weight is 336 g/mol. The number of imide groups is 1. The van der Waals surface area contributed by atoms with Gasteiger partial charge in [-0.25, -0.2) is 0 Å². The van der Waals surface area contributed by atoms with Crippen molar-refractivity contribution in [2.45, 2.75) is 6.54 Å². The highest BCUT2D eigenvalue weighted by Gasteiger charge is 2.35. The number of carbonyl (C=O) groups is 2. The first-order valence-electron chi connectivity index (χ1n) is 6.16. The van der Waals surface area contributed by atoms with Crippen LogP contribution in [0.1, 0.15) is 11.1 Å². The Hall–Kier alpha value is -1.56. The number of carbonyl (C=O) groups excluding carboxylic acids is 2. The highest BCUT2D eigenvalue weighted by atomic mass is 35.5. The van der Waals surface area contributed by atoms with E-state index in [0.29, 0.717) is 9.93 Å². The van der Waals surface area contributed by atoms with Gasteiger partial charge in [0.25, 0.3) is 11.1 Å². The summed E-state index contributed by atoms with van der Waals surface area (Å²) in [6, 6.07) is 9.12. The van der Waals surface area contributed by atoms with E-state index >= 15 is 0 Å². The van der Waals surface area contributed by atoms with Gasteiger partial charge in [-0.05, 0) is 51.9 Å². The smallest absolute Gasteiger partial charge is 0.268 e. The van der Waals surface area contributed by atoms with Crippen LogP contribution < -0.4 is 0 Å². The quantitative estimate of drug-likeness (QED) is 0.767. The average Bonchev–Trinajstić information content (AvgIpc) is 3.05. The highest BCUT2D eigenvalue weighted by molar-refractivity contribution is 8.18. The van der Waals surface area contributed by atoms with Crippen molar-refractivity contribution in [3.63, 3.8) is 0 Å². The van der Waals surface area contributed by atoms with E-state index in [1.54, 1.807) is 23.5 Å². The molecular weight excluding hydrogens is 326 g/mol. The molecule has 1 aromatic carbocycles. The summed E-state index contributed by atoms with van der Waals surface area (Å²) in [6.45, 7) is 0.200. The number of amides is 2. The van der Waals surface area contributed by atoms with E-state index in [1.807, 2.05) is 35.0 Å². The lowest BCUT2D eigenvalue weighted by Gasteiger charge is -2.13. The zero-order valence-electron chi connectivity index (χ0n) is 10.8. The molecule has 2 amide bonds. The minimum Gasteiger partial charge on any atom is -0.268 e. The predicted octanol–water partition coefficient (Wildman–Crippen LogP) is 4.64. The van der Waals surface area contributed by atoms with Crippen LogP contribution in [0.2, 0.25) is 5.02 Å². The zero-order chi connectivity index (χ0) is 14.8. The predicted molar refractivity (Wildman–Crippen MR) is 87.3 cm³/mol. The zero-order valence-corrected chi connectivity index (χ0v) is 13.2. The first kappa shape index (κ1) is 14.4. The van der Waals surface area contributed by atoms with Crippen LogP contribution in [0.15, 0.2) is 46.0 Å². The van der Waals surface area contributed by atoms with Crippen LogP contribution in [-0.2, 0) is 11.3 Å². The van der Waals surface area contributed by atoms with Gasteiger partial charge in [0.15, 0.2) is 0 Å². The van der Waals surface area contributed by atoms with Crippen LogP contribution >= 0.6 is 34.7 Å². The molecule has 1 fully saturated rings. The molecule has 1 aliphatic rings. The molecule has 0 N–H and O–H groups in total. The van der Waals surface area contributed by atoms with Gasteiger partial charge in [0.1, 0.15) is 0 Å². The van der Waals surface area contributed by atoms with Crippen LogP contribution in [-0.4, -0.2) is 16.0 Å². The SMILES string of the molecule is O=C1S/C(=C\c2ccsc2)C(=O)N1Cc1ccccc1Cl. The van der Waals surface area contributed by atoms with Gasteiger partial charge in [-0.2, -0.15) is 11.3 Å². The van der Waals surface area contributed by atoms with E-state index < -0.39 is 0 Å². The van der Waals surface area contributed by atoms with E-state index in [9.17, 15) is 9.59 Å². The van der Waals surface area contributed by atoms with Crippen LogP contribution in [0.25, 0.3) is 6.08 Å². The molecule has 0 bridgehead atoms. The lowest BCUT2D eigenvalue weighted by molar-refractivity contribution is -0.123. The molecule has 21 heavy (non-hydrogen) atoms. The molecule has 1 aliphatic heterocycles. The molecule has 0 atom stereocenters. The van der Waals surface area contributed by atoms with Gasteiger partial charge in [0.2, 0.25) is 0 Å². The first-order valence-corrected chi connectivity index (χ1v) is 8.30. The van der Waals surface area contributed by atoms with Gasteiger partial charge < -0.3 is 0 Å². The maximum atomic E-state index is 12.3. The number of benzene rings is 1. The Kier molecular flexibility index (Phi) is 4.14. The van der Waals surface area contributed by atoms with E-state index in [-0.39, 0.29) is 17.7 Å². The summed E-state index contributed by atoms with van der Waals surface area (Å²) in [5, 5.41) is 4.15. The third kappa shape index (κ3) is 3.05. The van der Waals surface area contributed by atoms with Gasteiger partial charge in [-0.1, -0.05) is 29.8 Å². The fraction of sp³-hybridized carbons (Fsp3) is 0.0667. The molecule has 0 spiro atoms. The second-order valence-corrected chi connectivity index (χ2v) is 6.60. The van der Waals surface area contributed by atoms with E-state index in [1.165, 1.54) is 4.90 Å². The van der Waals surface area contributed by atoms with Gasteiger partial charge in [-0.3, -0.25) is 14.5 Å². The Labute approximate surface area is 135 Å². The topological polar surface area (TPSA) is 37.4 Å². The van der Waals surface area contributed by atoms with Gasteiger partial charge in [0, 0.05) is 5.02 Å². The molecule has 1 saturated heterocycles. The maximum absolute atomic E-state index is 12.3. The number of thioether (sulfide) groups is 1. The maximum Gasteiger partial charge on any atom is 0.293 e. The van der Waals surface area contributed by atoms with Crippen LogP contribution in [0.3, 0.4) is 0 Å². The summed E-state index contributed by atoms with van der Waals surface area (Å²) in [4.78, 5) is 26.0. The molecule has 3 nitrogen and oxygen atoms in total. The van der Waals surface area contributed by atoms with E-state index in [2.05, 4.69) is 0 Å². The number of halogens is 1. The normalized spacial score (nSPS) is 17.0. The summed E-state index contributed by atoms with van der Waals surface area (Å²) in [7, 11) is 0. The van der Waals surface area contributed by atoms with E-state index in [4.69, 9.17) is 11.6 Å². The molecule has 0 aliphatic carbocycles. The molecule has 0 unspecified atom stereocenters. The van der Waals surface area contributed by atoms with Crippen molar-refractivity contribution in [2.75, 3.05) is 0 Å². The number of hydrogen-bond donors (Lipinski definition) is 0. The Morgan fingerprint density at radius 1 is 1.19 bits per heavy atom. The van der Waals surface area contributed by atoms with Gasteiger partial charge in [-0.15, -0.1) is 0 Å². The Morgan fingerprint density at radius 3 is 2.71 bits per heavy atom. The van der Waals surface area contributed by atoms with Gasteiger partial charge >= 0.3 is 0 Å². The minimum absolute atomic E-state index is 0.200. The van der Waals surface area contributed by atoms with Crippen molar-refractivity contribution in [3.05, 3.63) is 62.1 Å². The van der Waals surface area contributed by atoms with Gasteiger partial charge in [0.05, 0.1) is 11.4 Å². The molecule has 106 valence electrons. The molecule has 3 rings (SSSR count). The van der Waals surface area contributed by atoms with Crippen molar-refractivity contribution < 1.29 is 9.59 Å². The van der Waals surface area contributed by atoms with Crippen LogP contribution in [0, 0.1) is 0 Å². The van der Waals surface area contributed by atoms with Crippen LogP contribution in [0.5, 0.6) is 0 Å². The Morgan fingerprint density at radius 2 is 2.00 bits per heavy atom. The molecule has 2 heterocycles. The lowest BCUT2D eigenvalue weighted by atomic mass is 10.2. The highest BCUT2D eigenvalue weighted by Crippen LogP contribution is 2.34. The summed E-state index contributed by atoms with van der Waals surface area (Å²) < 4.78 is 0. The third-order valence-electron chi connectivity index (χ3n) is 3.00. The third-order valence-corrected chi connectivity index (χ3v) is 4.98. The molecule has 6 heteroatoms. The van der Waals surface area contributed by atoms with Crippen molar-refractivity contribution in [1.29, 1.82) is 0 Å². The Balaban J connectivity index is 1.83. The van der Waals surface area contributed by atoms with Crippen molar-refractivity contribution in [1.82, 2.24) is 4.90 Å². The summed E-state index contributed by atoms with van der Waals surface area (Å²) >= 11 is 8.59. The van der Waals surface area contributed by atoms with Crippen molar-refractivity contribution in [3.8, 4) is 0 Å². The Bertz CT molecular complexity index is 725. The van der Waals surface area contributed by atoms with Crippen molar-refractivity contribution >= 4 is 51.9 Å². The molecular formula is C15H10ClNO2S2. The number of nitrogens with zero attached hydrogens (tertiary/aromatic N) is 1. The van der Waals surface area contributed by atoms with Crippen LogP contribution in [0.4, 0.5) is 4.79 Å². The molecule has 1 aromatic heterocycles. The molecule has 0 radical (unpaired) electrons. The standard InChI is InChI=1S/C15H10ClNO2S2/c16-12-4-2-1-3-11(12)8-17-14(18)13(21-15(17)19)7-10-5-6-20-9-10/h1-7,9H,8H2/b13-7-. The first-order chi connectivity index (χ1) is 10.1. The molecule has 2 aromatic rings. The lowest BCUT2D eigenvalue weighted by Crippen LogP contribution is -2.27. The second kappa shape index (κ2) is 6.05.